The van der Waals surface area contributed by atoms with E-state index in [1.807, 2.05) is 24.1 Å². The molecule has 1 aliphatic heterocycles. The lowest BCUT2D eigenvalue weighted by molar-refractivity contribution is -0.0670. The Hall–Kier alpha value is -1.86. The lowest BCUT2D eigenvalue weighted by Crippen LogP contribution is -2.47. The summed E-state index contributed by atoms with van der Waals surface area (Å²) in [7, 11) is 1.89. The summed E-state index contributed by atoms with van der Waals surface area (Å²) >= 11 is 0. The van der Waals surface area contributed by atoms with E-state index in [2.05, 4.69) is 28.7 Å². The number of hydrogen-bond donors (Lipinski definition) is 0. The van der Waals surface area contributed by atoms with Gasteiger partial charge in [0.15, 0.2) is 5.82 Å². The quantitative estimate of drug-likeness (QED) is 0.829. The van der Waals surface area contributed by atoms with E-state index in [0.717, 1.165) is 25.0 Å². The molecule has 1 saturated heterocycles. The van der Waals surface area contributed by atoms with Gasteiger partial charge >= 0.3 is 0 Å². The minimum atomic E-state index is -2.68. The molecule has 0 saturated carbocycles. The first-order valence-corrected chi connectivity index (χ1v) is 8.58. The van der Waals surface area contributed by atoms with E-state index >= 15 is 0 Å². The average molecular weight is 350 g/mol. The summed E-state index contributed by atoms with van der Waals surface area (Å²) in [5, 5.41) is 0.790. The fraction of sp³-hybridized carbons (Fsp3) is 0.556. The summed E-state index contributed by atoms with van der Waals surface area (Å²) < 4.78 is 32.0. The summed E-state index contributed by atoms with van der Waals surface area (Å²) in [6, 6.07) is 7.28. The Bertz CT molecular complexity index is 717. The molecule has 0 aliphatic carbocycles. The smallest absolute Gasteiger partial charge is 0.297 e. The molecule has 1 aromatic heterocycles. The zero-order valence-corrected chi connectivity index (χ0v) is 14.8. The van der Waals surface area contributed by atoms with Crippen molar-refractivity contribution in [3.8, 4) is 0 Å². The second-order valence-electron chi connectivity index (χ2n) is 6.66. The number of halogens is 2. The molecule has 0 bridgehead atoms. The second kappa shape index (κ2) is 7.58. The number of morpholine rings is 1. The monoisotopic (exact) mass is 350 g/mol. The van der Waals surface area contributed by atoms with Gasteiger partial charge in [-0.3, -0.25) is 4.90 Å². The van der Waals surface area contributed by atoms with Crippen LogP contribution in [0.3, 0.4) is 0 Å². The maximum atomic E-state index is 13.1. The van der Waals surface area contributed by atoms with Gasteiger partial charge in [0.05, 0.1) is 17.7 Å². The zero-order chi connectivity index (χ0) is 18.0. The number of benzene rings is 1. The number of rotatable bonds is 5. The second-order valence-corrected chi connectivity index (χ2v) is 6.66. The predicted octanol–water partition coefficient (Wildman–Crippen LogP) is 3.11. The molecule has 25 heavy (non-hydrogen) atoms. The third-order valence-electron chi connectivity index (χ3n) is 4.40. The van der Waals surface area contributed by atoms with E-state index in [0.29, 0.717) is 17.9 Å². The van der Waals surface area contributed by atoms with Crippen LogP contribution >= 0.6 is 0 Å². The molecule has 1 aliphatic rings. The summed E-state index contributed by atoms with van der Waals surface area (Å²) in [6.07, 6.45) is -2.27. The molecule has 1 aromatic carbocycles. The van der Waals surface area contributed by atoms with Crippen molar-refractivity contribution in [1.29, 1.82) is 0 Å². The number of fused-ring (bicyclic) bond motifs is 1. The van der Waals surface area contributed by atoms with E-state index in [1.54, 1.807) is 12.1 Å². The van der Waals surface area contributed by atoms with Crippen molar-refractivity contribution in [1.82, 2.24) is 14.9 Å². The van der Waals surface area contributed by atoms with Gasteiger partial charge in [-0.1, -0.05) is 12.1 Å². The van der Waals surface area contributed by atoms with Gasteiger partial charge in [-0.25, -0.2) is 18.7 Å². The molecule has 2 aromatic rings. The number of ether oxygens (including phenoxy) is 1. The van der Waals surface area contributed by atoms with Crippen LogP contribution in [0.15, 0.2) is 24.3 Å². The number of nitrogens with zero attached hydrogens (tertiary/aromatic N) is 4. The Morgan fingerprint density at radius 2 is 1.88 bits per heavy atom. The fourth-order valence-corrected chi connectivity index (χ4v) is 3.33. The highest BCUT2D eigenvalue weighted by molar-refractivity contribution is 5.89. The van der Waals surface area contributed by atoms with Gasteiger partial charge < -0.3 is 9.64 Å². The van der Waals surface area contributed by atoms with E-state index in [-0.39, 0.29) is 12.2 Å². The molecule has 2 atom stereocenters. The van der Waals surface area contributed by atoms with E-state index in [4.69, 9.17) is 4.74 Å². The number of para-hydroxylation sites is 1. The lowest BCUT2D eigenvalue weighted by atomic mass is 10.2. The van der Waals surface area contributed by atoms with E-state index in [9.17, 15) is 8.78 Å². The van der Waals surface area contributed by atoms with Crippen LogP contribution in [-0.2, 0) is 4.74 Å². The standard InChI is InChI=1S/C18H24F2N4O/c1-12-10-24(11-13(2)25-12)9-8-23(3)18-14-6-4-5-7-15(14)21-17(22-18)16(19)20/h4-7,12-13,16H,8-11H2,1-3H3/t12-,13+. The number of aromatic nitrogens is 2. The summed E-state index contributed by atoms with van der Waals surface area (Å²) in [5.41, 5.74) is 0.545. The van der Waals surface area contributed by atoms with Gasteiger partial charge in [0.25, 0.3) is 6.43 Å². The van der Waals surface area contributed by atoms with Crippen molar-refractivity contribution < 1.29 is 13.5 Å². The van der Waals surface area contributed by atoms with Crippen LogP contribution in [0.25, 0.3) is 10.9 Å². The lowest BCUT2D eigenvalue weighted by Gasteiger charge is -2.36. The maximum Gasteiger partial charge on any atom is 0.297 e. The van der Waals surface area contributed by atoms with Crippen molar-refractivity contribution in [2.75, 3.05) is 38.1 Å². The number of hydrogen-bond acceptors (Lipinski definition) is 5. The minimum Gasteiger partial charge on any atom is -0.373 e. The van der Waals surface area contributed by atoms with Crippen LogP contribution in [0.5, 0.6) is 0 Å². The predicted molar refractivity (Wildman–Crippen MR) is 94.2 cm³/mol. The molecule has 7 heteroatoms. The van der Waals surface area contributed by atoms with Crippen molar-refractivity contribution in [2.24, 2.45) is 0 Å². The van der Waals surface area contributed by atoms with Crippen molar-refractivity contribution >= 4 is 16.7 Å². The maximum absolute atomic E-state index is 13.1. The molecule has 0 radical (unpaired) electrons. The molecule has 0 amide bonds. The van der Waals surface area contributed by atoms with E-state index < -0.39 is 12.2 Å². The third-order valence-corrected chi connectivity index (χ3v) is 4.40. The average Bonchev–Trinajstić information content (AvgIpc) is 2.57. The Labute approximate surface area is 146 Å². The van der Waals surface area contributed by atoms with Crippen molar-refractivity contribution in [3.63, 3.8) is 0 Å². The zero-order valence-electron chi connectivity index (χ0n) is 14.8. The Balaban J connectivity index is 1.78. The third kappa shape index (κ3) is 4.22. The normalized spacial score (nSPS) is 21.8. The highest BCUT2D eigenvalue weighted by atomic mass is 19.3. The fourth-order valence-electron chi connectivity index (χ4n) is 3.33. The minimum absolute atomic E-state index is 0.208. The molecule has 2 heterocycles. The molecule has 0 unspecified atom stereocenters. The molecule has 5 nitrogen and oxygen atoms in total. The van der Waals surface area contributed by atoms with Crippen LogP contribution in [0, 0.1) is 0 Å². The first-order chi connectivity index (χ1) is 11.9. The van der Waals surface area contributed by atoms with Crippen molar-refractivity contribution in [2.45, 2.75) is 32.5 Å². The van der Waals surface area contributed by atoms with Gasteiger partial charge in [0, 0.05) is 38.6 Å². The SMILES string of the molecule is C[C@@H]1CN(CCN(C)c2nc(C(F)F)nc3ccccc23)C[C@H](C)O1. The summed E-state index contributed by atoms with van der Waals surface area (Å²) in [4.78, 5) is 12.4. The van der Waals surface area contributed by atoms with Gasteiger partial charge in [-0.15, -0.1) is 0 Å². The first-order valence-electron chi connectivity index (χ1n) is 8.58. The van der Waals surface area contributed by atoms with Gasteiger partial charge in [0.2, 0.25) is 0 Å². The number of anilines is 1. The van der Waals surface area contributed by atoms with Crippen LogP contribution < -0.4 is 4.90 Å². The van der Waals surface area contributed by atoms with Crippen LogP contribution in [0.4, 0.5) is 14.6 Å². The molecule has 3 rings (SSSR count). The molecule has 0 spiro atoms. The molecule has 136 valence electrons. The van der Waals surface area contributed by atoms with Crippen LogP contribution in [0.2, 0.25) is 0 Å². The summed E-state index contributed by atoms with van der Waals surface area (Å²) in [6.45, 7) is 7.43. The summed E-state index contributed by atoms with van der Waals surface area (Å²) in [5.74, 6) is 0.129. The van der Waals surface area contributed by atoms with Crippen LogP contribution in [-0.4, -0.2) is 60.3 Å². The van der Waals surface area contributed by atoms with E-state index in [1.165, 1.54) is 0 Å². The largest absolute Gasteiger partial charge is 0.373 e. The molecule has 0 N–H and O–H groups in total. The number of likely N-dealkylation sites (N-methyl/N-ethyl adjacent to an activating group) is 1. The highest BCUT2D eigenvalue weighted by Gasteiger charge is 2.23. The first kappa shape index (κ1) is 17.9. The number of alkyl halides is 2. The van der Waals surface area contributed by atoms with Gasteiger partial charge in [-0.2, -0.15) is 0 Å². The Kier molecular flexibility index (Phi) is 5.44. The van der Waals surface area contributed by atoms with Crippen molar-refractivity contribution in [3.05, 3.63) is 30.1 Å². The molecular weight excluding hydrogens is 326 g/mol. The Morgan fingerprint density at radius 1 is 1.20 bits per heavy atom. The molecular formula is C18H24F2N4O. The highest BCUT2D eigenvalue weighted by Crippen LogP contribution is 2.26. The molecule has 1 fully saturated rings. The van der Waals surface area contributed by atoms with Gasteiger partial charge in [-0.05, 0) is 26.0 Å². The topological polar surface area (TPSA) is 41.5 Å². The Morgan fingerprint density at radius 3 is 2.56 bits per heavy atom. The van der Waals surface area contributed by atoms with Crippen LogP contribution in [0.1, 0.15) is 26.1 Å². The van der Waals surface area contributed by atoms with Gasteiger partial charge in [0.1, 0.15) is 5.82 Å².